The van der Waals surface area contributed by atoms with Gasteiger partial charge < -0.3 is 15.6 Å². The summed E-state index contributed by atoms with van der Waals surface area (Å²) < 4.78 is 0. The molecule has 0 radical (unpaired) electrons. The first kappa shape index (κ1) is 17.8. The fourth-order valence-electron chi connectivity index (χ4n) is 3.19. The lowest BCUT2D eigenvalue weighted by molar-refractivity contribution is 0.0954. The Balaban J connectivity index is 1.37. The quantitative estimate of drug-likeness (QED) is 0.465. The van der Waals surface area contributed by atoms with E-state index in [2.05, 4.69) is 32.7 Å². The van der Waals surface area contributed by atoms with Gasteiger partial charge in [0.25, 0.3) is 5.91 Å². The van der Waals surface area contributed by atoms with Crippen LogP contribution in [0.25, 0.3) is 10.9 Å². The molecule has 2 aromatic heterocycles. The fraction of sp³-hybridized carbons (Fsp3) is 0.130. The van der Waals surface area contributed by atoms with Crippen LogP contribution in [0.1, 0.15) is 21.5 Å². The second-order valence-corrected chi connectivity index (χ2v) is 6.82. The molecule has 1 amide bonds. The Morgan fingerprint density at radius 1 is 1.04 bits per heavy atom. The first-order valence-corrected chi connectivity index (χ1v) is 9.31. The molecule has 0 spiro atoms. The summed E-state index contributed by atoms with van der Waals surface area (Å²) in [4.78, 5) is 20.0. The van der Waals surface area contributed by atoms with Gasteiger partial charge in [0.1, 0.15) is 0 Å². The van der Waals surface area contributed by atoms with Crippen LogP contribution in [0, 0.1) is 6.92 Å². The van der Waals surface area contributed by atoms with Crippen LogP contribution in [0.4, 0.5) is 11.4 Å². The van der Waals surface area contributed by atoms with E-state index in [1.54, 1.807) is 12.4 Å². The maximum Gasteiger partial charge on any atom is 0.252 e. The first-order chi connectivity index (χ1) is 13.7. The topological polar surface area (TPSA) is 69.8 Å². The number of carbonyl (C=O) groups excluding carboxylic acids is 1. The Labute approximate surface area is 163 Å². The number of nitrogens with zero attached hydrogens (tertiary/aromatic N) is 1. The minimum Gasteiger partial charge on any atom is -0.361 e. The standard InChI is InChI=1S/C23H22N4O/c1-16-6-8-19(9-7-16)27-20-12-18(13-24-15-20)23(28)25-11-10-17-14-26-22-5-3-2-4-21(17)22/h2-9,12-15,26-27H,10-11H2,1H3,(H,25,28). The maximum atomic E-state index is 12.5. The highest BCUT2D eigenvalue weighted by atomic mass is 16.1. The number of nitrogens with one attached hydrogen (secondary N) is 3. The normalized spacial score (nSPS) is 10.8. The molecule has 28 heavy (non-hydrogen) atoms. The number of H-pyrrole nitrogens is 1. The zero-order valence-corrected chi connectivity index (χ0v) is 15.7. The van der Waals surface area contributed by atoms with Crippen LogP contribution in [-0.2, 0) is 6.42 Å². The highest BCUT2D eigenvalue weighted by Gasteiger charge is 2.08. The second-order valence-electron chi connectivity index (χ2n) is 6.82. The molecule has 2 heterocycles. The number of benzene rings is 2. The van der Waals surface area contributed by atoms with Crippen molar-refractivity contribution in [2.24, 2.45) is 0 Å². The van der Waals surface area contributed by atoms with E-state index in [0.29, 0.717) is 12.1 Å². The highest BCUT2D eigenvalue weighted by molar-refractivity contribution is 5.95. The Hall–Kier alpha value is -3.60. The van der Waals surface area contributed by atoms with Crippen LogP contribution in [-0.4, -0.2) is 22.4 Å². The molecule has 0 aliphatic carbocycles. The van der Waals surface area contributed by atoms with E-state index in [9.17, 15) is 4.79 Å². The third kappa shape index (κ3) is 4.04. The number of hydrogen-bond acceptors (Lipinski definition) is 3. The van der Waals surface area contributed by atoms with Crippen molar-refractivity contribution in [1.82, 2.24) is 15.3 Å². The van der Waals surface area contributed by atoms with Crippen molar-refractivity contribution in [3.05, 3.63) is 89.9 Å². The number of aryl methyl sites for hydroxylation is 1. The second kappa shape index (κ2) is 7.96. The third-order valence-electron chi connectivity index (χ3n) is 4.70. The number of amides is 1. The molecule has 0 atom stereocenters. The Morgan fingerprint density at radius 2 is 1.86 bits per heavy atom. The van der Waals surface area contributed by atoms with E-state index < -0.39 is 0 Å². The van der Waals surface area contributed by atoms with E-state index in [-0.39, 0.29) is 5.91 Å². The van der Waals surface area contributed by atoms with Gasteiger partial charge in [0, 0.05) is 35.5 Å². The van der Waals surface area contributed by atoms with Gasteiger partial charge in [-0.1, -0.05) is 35.9 Å². The lowest BCUT2D eigenvalue weighted by Crippen LogP contribution is -2.25. The van der Waals surface area contributed by atoms with Crippen LogP contribution in [0.5, 0.6) is 0 Å². The molecule has 0 saturated carbocycles. The van der Waals surface area contributed by atoms with Crippen molar-refractivity contribution in [1.29, 1.82) is 0 Å². The van der Waals surface area contributed by atoms with Crippen molar-refractivity contribution in [3.8, 4) is 0 Å². The minimum atomic E-state index is -0.125. The number of aromatic nitrogens is 2. The van der Waals surface area contributed by atoms with Crippen LogP contribution in [0.15, 0.2) is 73.2 Å². The first-order valence-electron chi connectivity index (χ1n) is 9.31. The summed E-state index contributed by atoms with van der Waals surface area (Å²) in [5.74, 6) is -0.125. The van der Waals surface area contributed by atoms with Crippen LogP contribution in [0.2, 0.25) is 0 Å². The predicted molar refractivity (Wildman–Crippen MR) is 113 cm³/mol. The monoisotopic (exact) mass is 370 g/mol. The lowest BCUT2D eigenvalue weighted by atomic mass is 10.1. The van der Waals surface area contributed by atoms with Gasteiger partial charge >= 0.3 is 0 Å². The largest absolute Gasteiger partial charge is 0.361 e. The SMILES string of the molecule is Cc1ccc(Nc2cncc(C(=O)NCCc3c[nH]c4ccccc34)c2)cc1. The smallest absolute Gasteiger partial charge is 0.252 e. The number of pyridine rings is 1. The van der Waals surface area contributed by atoms with Gasteiger partial charge in [0.15, 0.2) is 0 Å². The van der Waals surface area contributed by atoms with Gasteiger partial charge in [0.05, 0.1) is 17.4 Å². The summed E-state index contributed by atoms with van der Waals surface area (Å²) in [5, 5.41) is 7.46. The molecular formula is C23H22N4O. The van der Waals surface area contributed by atoms with Gasteiger partial charge in [-0.2, -0.15) is 0 Å². The number of hydrogen-bond donors (Lipinski definition) is 3. The molecule has 4 aromatic rings. The van der Waals surface area contributed by atoms with Gasteiger partial charge in [-0.25, -0.2) is 0 Å². The van der Waals surface area contributed by atoms with E-state index in [1.807, 2.05) is 55.6 Å². The summed E-state index contributed by atoms with van der Waals surface area (Å²) in [6, 6.07) is 18.1. The summed E-state index contributed by atoms with van der Waals surface area (Å²) in [5.41, 5.74) is 5.80. The molecule has 0 saturated heterocycles. The maximum absolute atomic E-state index is 12.5. The molecule has 0 fully saturated rings. The molecule has 3 N–H and O–H groups in total. The molecule has 0 unspecified atom stereocenters. The number of fused-ring (bicyclic) bond motifs is 1. The minimum absolute atomic E-state index is 0.125. The van der Waals surface area contributed by atoms with E-state index in [1.165, 1.54) is 16.5 Å². The molecule has 0 aliphatic rings. The molecule has 140 valence electrons. The summed E-state index contributed by atoms with van der Waals surface area (Å²) >= 11 is 0. The van der Waals surface area contributed by atoms with Crippen molar-refractivity contribution in [2.45, 2.75) is 13.3 Å². The van der Waals surface area contributed by atoms with Gasteiger partial charge in [-0.15, -0.1) is 0 Å². The number of anilines is 2. The Kier molecular flexibility index (Phi) is 5.06. The molecular weight excluding hydrogens is 348 g/mol. The van der Waals surface area contributed by atoms with Gasteiger partial charge in [-0.3, -0.25) is 9.78 Å². The molecule has 0 aliphatic heterocycles. The van der Waals surface area contributed by atoms with E-state index >= 15 is 0 Å². The molecule has 5 nitrogen and oxygen atoms in total. The lowest BCUT2D eigenvalue weighted by Gasteiger charge is -2.09. The fourth-order valence-corrected chi connectivity index (χ4v) is 3.19. The summed E-state index contributed by atoms with van der Waals surface area (Å²) in [6.45, 7) is 2.61. The predicted octanol–water partition coefficient (Wildman–Crippen LogP) is 4.59. The van der Waals surface area contributed by atoms with E-state index in [0.717, 1.165) is 23.3 Å². The molecule has 5 heteroatoms. The van der Waals surface area contributed by atoms with Gasteiger partial charge in [-0.05, 0) is 43.2 Å². The molecule has 2 aromatic carbocycles. The third-order valence-corrected chi connectivity index (χ3v) is 4.70. The van der Waals surface area contributed by atoms with Crippen LogP contribution < -0.4 is 10.6 Å². The van der Waals surface area contributed by atoms with Crippen molar-refractivity contribution in [3.63, 3.8) is 0 Å². The van der Waals surface area contributed by atoms with E-state index in [4.69, 9.17) is 0 Å². The zero-order valence-electron chi connectivity index (χ0n) is 15.7. The van der Waals surface area contributed by atoms with Crippen LogP contribution in [0.3, 0.4) is 0 Å². The van der Waals surface area contributed by atoms with Crippen LogP contribution >= 0.6 is 0 Å². The number of carbonyl (C=O) groups is 1. The average molecular weight is 370 g/mol. The summed E-state index contributed by atoms with van der Waals surface area (Å²) in [7, 11) is 0. The highest BCUT2D eigenvalue weighted by Crippen LogP contribution is 2.19. The number of aromatic amines is 1. The van der Waals surface area contributed by atoms with Crippen molar-refractivity contribution in [2.75, 3.05) is 11.9 Å². The Bertz CT molecular complexity index is 1100. The number of rotatable bonds is 6. The average Bonchev–Trinajstić information content (AvgIpc) is 3.13. The van der Waals surface area contributed by atoms with Gasteiger partial charge in [0.2, 0.25) is 0 Å². The Morgan fingerprint density at radius 3 is 2.71 bits per heavy atom. The zero-order chi connectivity index (χ0) is 19.3. The van der Waals surface area contributed by atoms with Crippen molar-refractivity contribution < 1.29 is 4.79 Å². The number of para-hydroxylation sites is 1. The van der Waals surface area contributed by atoms with Crippen molar-refractivity contribution >= 4 is 28.2 Å². The molecule has 4 rings (SSSR count). The summed E-state index contributed by atoms with van der Waals surface area (Å²) in [6.07, 6.45) is 6.07. The molecule has 0 bridgehead atoms.